The van der Waals surface area contributed by atoms with E-state index >= 15 is 0 Å². The van der Waals surface area contributed by atoms with Crippen LogP contribution < -0.4 is 17.0 Å². The predicted molar refractivity (Wildman–Crippen MR) is 89.7 cm³/mol. The molecule has 0 amide bonds. The molecule has 0 saturated heterocycles. The number of imidazole rings is 1. The van der Waals surface area contributed by atoms with E-state index in [2.05, 4.69) is 24.6 Å². The first-order valence-corrected chi connectivity index (χ1v) is 10.8. The van der Waals surface area contributed by atoms with Crippen molar-refractivity contribution in [1.29, 1.82) is 0 Å². The fourth-order valence-electron chi connectivity index (χ4n) is 2.13. The van der Waals surface area contributed by atoms with Gasteiger partial charge in [-0.05, 0) is 6.04 Å². The Morgan fingerprint density at radius 3 is 2.41 bits per heavy atom. The number of ether oxygens (including phenoxy) is 1. The Balaban J connectivity index is 2.37. The summed E-state index contributed by atoms with van der Waals surface area (Å²) in [5, 5.41) is 0. The van der Waals surface area contributed by atoms with Gasteiger partial charge in [-0.1, -0.05) is 19.6 Å². The minimum absolute atomic E-state index is 0.153. The second kappa shape index (κ2) is 5.88. The molecule has 2 rings (SSSR count). The minimum atomic E-state index is -1.18. The zero-order valence-electron chi connectivity index (χ0n) is 13.7. The summed E-state index contributed by atoms with van der Waals surface area (Å²) in [7, 11) is 7.70. The van der Waals surface area contributed by atoms with Crippen LogP contribution in [0.15, 0.2) is 9.59 Å². The third-order valence-corrected chi connectivity index (χ3v) is 5.30. The summed E-state index contributed by atoms with van der Waals surface area (Å²) in [4.78, 5) is 28.3. The monoisotopic (exact) mass is 320 g/mol. The van der Waals surface area contributed by atoms with Crippen LogP contribution in [0.2, 0.25) is 25.7 Å². The van der Waals surface area contributed by atoms with Crippen LogP contribution in [-0.2, 0) is 25.6 Å². The lowest BCUT2D eigenvalue weighted by Gasteiger charge is -2.16. The Morgan fingerprint density at radius 2 is 1.82 bits per heavy atom. The Kier molecular flexibility index (Phi) is 4.48. The molecule has 0 fully saturated rings. The normalized spacial score (nSPS) is 12.2. The van der Waals surface area contributed by atoms with Gasteiger partial charge in [-0.15, -0.1) is 0 Å². The second-order valence-electron chi connectivity index (χ2n) is 6.62. The van der Waals surface area contributed by atoms with Gasteiger partial charge in [-0.25, -0.2) is 9.78 Å². The number of nitrogens with zero attached hydrogens (tertiary/aromatic N) is 4. The van der Waals surface area contributed by atoms with E-state index in [0.29, 0.717) is 6.61 Å². The summed E-state index contributed by atoms with van der Waals surface area (Å²) >= 11 is 0. The Labute approximate surface area is 130 Å². The highest BCUT2D eigenvalue weighted by Crippen LogP contribution is 2.09. The third-order valence-electron chi connectivity index (χ3n) is 3.59. The molecule has 0 aliphatic heterocycles. The van der Waals surface area contributed by atoms with Crippen molar-refractivity contribution in [3.05, 3.63) is 20.8 Å². The zero-order valence-corrected chi connectivity index (χ0v) is 14.7. The van der Waals surface area contributed by atoms with Crippen molar-refractivity contribution in [1.82, 2.24) is 18.7 Å². The highest BCUT2D eigenvalue weighted by molar-refractivity contribution is 6.76. The fourth-order valence-corrected chi connectivity index (χ4v) is 2.88. The number of aromatic nitrogens is 4. The molecule has 0 spiro atoms. The van der Waals surface area contributed by atoms with Gasteiger partial charge in [-0.2, -0.15) is 0 Å². The van der Waals surface area contributed by atoms with Crippen LogP contribution in [0.4, 0.5) is 0 Å². The molecule has 7 nitrogen and oxygen atoms in total. The minimum Gasteiger partial charge on any atom is -0.361 e. The van der Waals surface area contributed by atoms with Crippen LogP contribution in [0.3, 0.4) is 0 Å². The fraction of sp³-hybridized carbons (Fsp3) is 0.615. The molecule has 0 bridgehead atoms. The van der Waals surface area contributed by atoms with Crippen molar-refractivity contribution in [2.75, 3.05) is 6.61 Å². The molecule has 0 aliphatic carbocycles. The first-order chi connectivity index (χ1) is 10.1. The van der Waals surface area contributed by atoms with Gasteiger partial charge < -0.3 is 9.30 Å². The quantitative estimate of drug-likeness (QED) is 0.552. The van der Waals surface area contributed by atoms with Crippen molar-refractivity contribution >= 4 is 32.8 Å². The molecule has 0 unspecified atom stereocenters. The van der Waals surface area contributed by atoms with Crippen molar-refractivity contribution in [2.45, 2.75) is 32.4 Å². The number of aryl methyl sites for hydroxylation is 1. The zero-order chi connectivity index (χ0) is 16.7. The molecule has 0 aromatic carbocycles. The molecule has 2 radical (unpaired) electrons. The maximum atomic E-state index is 12.3. The lowest BCUT2D eigenvalue weighted by atomic mass is 10.1. The first kappa shape index (κ1) is 16.8. The lowest BCUT2D eigenvalue weighted by molar-refractivity contribution is 0.0917. The van der Waals surface area contributed by atoms with Crippen molar-refractivity contribution in [3.63, 3.8) is 0 Å². The van der Waals surface area contributed by atoms with Gasteiger partial charge in [0.05, 0.1) is 5.72 Å². The smallest absolute Gasteiger partial charge is 0.332 e. The number of hydrogen-bond donors (Lipinski definition) is 0. The molecule has 0 atom stereocenters. The van der Waals surface area contributed by atoms with Gasteiger partial charge >= 0.3 is 5.69 Å². The van der Waals surface area contributed by atoms with E-state index in [0.717, 1.165) is 10.6 Å². The SMILES string of the molecule is [B]c1nc2c(c(=O)n(C)c(=O)n2C)n1COCC[Si](C)(C)C. The summed E-state index contributed by atoms with van der Waals surface area (Å²) in [6.07, 6.45) is 0. The van der Waals surface area contributed by atoms with Gasteiger partial charge in [0.15, 0.2) is 19.0 Å². The second-order valence-corrected chi connectivity index (χ2v) is 12.2. The number of hydrogen-bond acceptors (Lipinski definition) is 4. The summed E-state index contributed by atoms with van der Waals surface area (Å²) in [6, 6.07) is 1.02. The van der Waals surface area contributed by atoms with Gasteiger partial charge in [-0.3, -0.25) is 13.9 Å². The summed E-state index contributed by atoms with van der Waals surface area (Å²) in [6.45, 7) is 7.57. The molecule has 0 saturated carbocycles. The van der Waals surface area contributed by atoms with E-state index in [1.165, 1.54) is 16.2 Å². The lowest BCUT2D eigenvalue weighted by Crippen LogP contribution is -2.37. The molecule has 2 aromatic heterocycles. The molecular formula is C13H21BN4O3Si. The summed E-state index contributed by atoms with van der Waals surface area (Å²) in [5.74, 6) is 0. The standard InChI is InChI=1S/C13H21BN4O3Si/c1-16-10-9(11(19)17(2)13(16)20)18(12(14)15-10)8-21-6-7-22(3,4)5/h6-8H2,1-5H3. The van der Waals surface area contributed by atoms with E-state index in [-0.39, 0.29) is 23.6 Å². The maximum Gasteiger partial charge on any atom is 0.332 e. The van der Waals surface area contributed by atoms with Gasteiger partial charge in [0.1, 0.15) is 6.73 Å². The van der Waals surface area contributed by atoms with Crippen molar-refractivity contribution in [2.24, 2.45) is 14.1 Å². The molecular weight excluding hydrogens is 299 g/mol. The molecule has 118 valence electrons. The molecule has 2 aromatic rings. The highest BCUT2D eigenvalue weighted by atomic mass is 28.3. The number of rotatable bonds is 5. The molecule has 2 heterocycles. The predicted octanol–water partition coefficient (Wildman–Crippen LogP) is -0.460. The summed E-state index contributed by atoms with van der Waals surface area (Å²) < 4.78 is 9.52. The maximum absolute atomic E-state index is 12.3. The molecule has 22 heavy (non-hydrogen) atoms. The summed E-state index contributed by atoms with van der Waals surface area (Å²) in [5.41, 5.74) is -0.117. The topological polar surface area (TPSA) is 71.0 Å². The molecule has 9 heteroatoms. The van der Waals surface area contributed by atoms with Gasteiger partial charge in [0.25, 0.3) is 5.56 Å². The van der Waals surface area contributed by atoms with E-state index in [1.54, 1.807) is 7.05 Å². The third kappa shape index (κ3) is 3.10. The van der Waals surface area contributed by atoms with E-state index < -0.39 is 19.3 Å². The number of fused-ring (bicyclic) bond motifs is 1. The molecule has 0 N–H and O–H groups in total. The van der Waals surface area contributed by atoms with Crippen LogP contribution in [-0.4, -0.2) is 41.2 Å². The van der Waals surface area contributed by atoms with E-state index in [4.69, 9.17) is 12.6 Å². The Bertz CT molecular complexity index is 816. The van der Waals surface area contributed by atoms with Gasteiger partial charge in [0.2, 0.25) is 0 Å². The van der Waals surface area contributed by atoms with Crippen LogP contribution in [0, 0.1) is 0 Å². The average Bonchev–Trinajstić information content (AvgIpc) is 2.75. The largest absolute Gasteiger partial charge is 0.361 e. The first-order valence-electron chi connectivity index (χ1n) is 7.13. The van der Waals surface area contributed by atoms with Crippen LogP contribution in [0.25, 0.3) is 11.2 Å². The highest BCUT2D eigenvalue weighted by Gasteiger charge is 2.17. The van der Waals surface area contributed by atoms with Crippen molar-refractivity contribution < 1.29 is 4.74 Å². The average molecular weight is 320 g/mol. The van der Waals surface area contributed by atoms with Crippen molar-refractivity contribution in [3.8, 4) is 0 Å². The Hall–Kier alpha value is -1.61. The van der Waals surface area contributed by atoms with Crippen LogP contribution in [0.1, 0.15) is 0 Å². The molecule has 0 aliphatic rings. The van der Waals surface area contributed by atoms with E-state index in [9.17, 15) is 9.59 Å². The van der Waals surface area contributed by atoms with Gasteiger partial charge in [0, 0.05) is 28.8 Å². The Morgan fingerprint density at radius 1 is 1.18 bits per heavy atom. The van der Waals surface area contributed by atoms with Crippen LogP contribution >= 0.6 is 0 Å². The van der Waals surface area contributed by atoms with Crippen LogP contribution in [0.5, 0.6) is 0 Å². The van der Waals surface area contributed by atoms with E-state index in [1.807, 2.05) is 0 Å².